The summed E-state index contributed by atoms with van der Waals surface area (Å²) in [5.41, 5.74) is 1.94. The summed E-state index contributed by atoms with van der Waals surface area (Å²) in [4.78, 5) is 45.1. The van der Waals surface area contributed by atoms with Crippen molar-refractivity contribution in [3.05, 3.63) is 40.0 Å². The van der Waals surface area contributed by atoms with Gasteiger partial charge in [-0.15, -0.1) is 16.4 Å². The molecular weight excluding hydrogens is 590 g/mol. The summed E-state index contributed by atoms with van der Waals surface area (Å²) in [5.74, 6) is -1.71. The maximum absolute atomic E-state index is 12.2. The van der Waals surface area contributed by atoms with Crippen LogP contribution in [0.5, 0.6) is 0 Å². The van der Waals surface area contributed by atoms with Crippen LogP contribution in [0.3, 0.4) is 0 Å². The molecule has 0 aromatic carbocycles. The van der Waals surface area contributed by atoms with Crippen molar-refractivity contribution < 1.29 is 33.3 Å². The SMILES string of the molecule is CC(=O)OCC1O[C@H](Sc2cncc(Br)c2)C(OC(C)=O)[C@@H](n2cc(-c3cscn3)nn2)[C@H]1OC(C)=O. The van der Waals surface area contributed by atoms with E-state index in [1.54, 1.807) is 24.1 Å². The predicted octanol–water partition coefficient (Wildman–Crippen LogP) is 3.04. The van der Waals surface area contributed by atoms with Gasteiger partial charge in [0.15, 0.2) is 12.2 Å². The Balaban J connectivity index is 1.78. The van der Waals surface area contributed by atoms with Gasteiger partial charge in [0.25, 0.3) is 0 Å². The van der Waals surface area contributed by atoms with Crippen LogP contribution in [0.4, 0.5) is 0 Å². The summed E-state index contributed by atoms with van der Waals surface area (Å²) in [5, 5.41) is 10.3. The number of thioether (sulfide) groups is 1. The summed E-state index contributed by atoms with van der Waals surface area (Å²) < 4.78 is 25.1. The maximum Gasteiger partial charge on any atom is 0.303 e. The van der Waals surface area contributed by atoms with E-state index in [-0.39, 0.29) is 6.61 Å². The van der Waals surface area contributed by atoms with Gasteiger partial charge in [0.05, 0.1) is 11.7 Å². The number of hydrogen-bond acceptors (Lipinski definition) is 13. The Kier molecular flexibility index (Phi) is 8.89. The molecular formula is C22H22BrN5O7S2. The first-order valence-corrected chi connectivity index (χ1v) is 13.5. The molecule has 0 N–H and O–H groups in total. The highest BCUT2D eigenvalue weighted by molar-refractivity contribution is 9.10. The molecule has 3 aromatic heterocycles. The van der Waals surface area contributed by atoms with Crippen LogP contribution in [0.1, 0.15) is 26.8 Å². The number of aromatic nitrogens is 5. The van der Waals surface area contributed by atoms with Gasteiger partial charge < -0.3 is 18.9 Å². The van der Waals surface area contributed by atoms with Gasteiger partial charge in [-0.2, -0.15) is 0 Å². The lowest BCUT2D eigenvalue weighted by Crippen LogP contribution is -2.57. The molecule has 1 saturated heterocycles. The second-order valence-corrected chi connectivity index (χ2v) is 10.7. The number of nitrogens with zero attached hydrogens (tertiary/aromatic N) is 5. The predicted molar refractivity (Wildman–Crippen MR) is 134 cm³/mol. The molecule has 5 atom stereocenters. The largest absolute Gasteiger partial charge is 0.463 e. The number of ether oxygens (including phenoxy) is 4. The van der Waals surface area contributed by atoms with Crippen molar-refractivity contribution in [3.8, 4) is 11.4 Å². The highest BCUT2D eigenvalue weighted by Gasteiger charge is 2.52. The smallest absolute Gasteiger partial charge is 0.303 e. The van der Waals surface area contributed by atoms with Crippen LogP contribution in [0.2, 0.25) is 0 Å². The van der Waals surface area contributed by atoms with Crippen LogP contribution >= 0.6 is 39.0 Å². The molecule has 15 heteroatoms. The zero-order chi connectivity index (χ0) is 26.5. The van der Waals surface area contributed by atoms with Crippen LogP contribution in [-0.4, -0.2) is 73.2 Å². The molecule has 0 radical (unpaired) electrons. The Bertz CT molecular complexity index is 1260. The number of halogens is 1. The topological polar surface area (TPSA) is 145 Å². The zero-order valence-electron chi connectivity index (χ0n) is 19.8. The average molecular weight is 612 g/mol. The molecule has 1 fully saturated rings. The van der Waals surface area contributed by atoms with Crippen LogP contribution in [0.15, 0.2) is 44.9 Å². The lowest BCUT2D eigenvalue weighted by Gasteiger charge is -2.44. The highest BCUT2D eigenvalue weighted by Crippen LogP contribution is 2.41. The number of rotatable bonds is 8. The van der Waals surface area contributed by atoms with Crippen LogP contribution in [0.25, 0.3) is 11.4 Å². The molecule has 0 spiro atoms. The van der Waals surface area contributed by atoms with Crippen molar-refractivity contribution >= 4 is 56.9 Å². The quantitative estimate of drug-likeness (QED) is 0.272. The third-order valence-corrected chi connectivity index (χ3v) is 7.24. The lowest BCUT2D eigenvalue weighted by atomic mass is 9.96. The monoisotopic (exact) mass is 611 g/mol. The number of carbonyl (C=O) groups is 3. The molecule has 1 aliphatic heterocycles. The van der Waals surface area contributed by atoms with E-state index in [2.05, 4.69) is 36.2 Å². The summed E-state index contributed by atoms with van der Waals surface area (Å²) in [6, 6.07) is 0.954. The van der Waals surface area contributed by atoms with E-state index in [9.17, 15) is 14.4 Å². The van der Waals surface area contributed by atoms with Gasteiger partial charge >= 0.3 is 17.9 Å². The molecule has 37 heavy (non-hydrogen) atoms. The fraction of sp³-hybridized carbons (Fsp3) is 0.409. The van der Waals surface area contributed by atoms with Gasteiger partial charge in [0, 0.05) is 47.9 Å². The molecule has 0 aliphatic carbocycles. The van der Waals surface area contributed by atoms with Gasteiger partial charge in [-0.25, -0.2) is 9.67 Å². The molecule has 0 saturated carbocycles. The molecule has 0 bridgehead atoms. The van der Waals surface area contributed by atoms with E-state index in [0.29, 0.717) is 16.3 Å². The fourth-order valence-electron chi connectivity index (χ4n) is 3.75. The van der Waals surface area contributed by atoms with Crippen LogP contribution in [-0.2, 0) is 33.3 Å². The summed E-state index contributed by atoms with van der Waals surface area (Å²) in [6.45, 7) is 3.57. The number of esters is 3. The Hall–Kier alpha value is -2.88. The fourth-order valence-corrected chi connectivity index (χ4v) is 5.94. The van der Waals surface area contributed by atoms with E-state index in [1.165, 1.54) is 48.6 Å². The summed E-state index contributed by atoms with van der Waals surface area (Å²) >= 11 is 6.04. The minimum Gasteiger partial charge on any atom is -0.463 e. The van der Waals surface area contributed by atoms with Crippen molar-refractivity contribution in [3.63, 3.8) is 0 Å². The van der Waals surface area contributed by atoms with Crippen LogP contribution in [0, 0.1) is 0 Å². The first-order valence-electron chi connectivity index (χ1n) is 10.9. The minimum atomic E-state index is -1.04. The first-order chi connectivity index (χ1) is 17.7. The molecule has 12 nitrogen and oxygen atoms in total. The Morgan fingerprint density at radius 2 is 1.86 bits per heavy atom. The Morgan fingerprint density at radius 3 is 2.51 bits per heavy atom. The molecule has 4 heterocycles. The van der Waals surface area contributed by atoms with Crippen molar-refractivity contribution in [2.45, 2.75) is 55.5 Å². The van der Waals surface area contributed by atoms with E-state index in [4.69, 9.17) is 18.9 Å². The third kappa shape index (κ3) is 6.91. The zero-order valence-corrected chi connectivity index (χ0v) is 23.1. The van der Waals surface area contributed by atoms with Gasteiger partial charge in [-0.3, -0.25) is 19.4 Å². The second kappa shape index (κ2) is 12.1. The maximum atomic E-state index is 12.2. The molecule has 2 unspecified atom stereocenters. The first kappa shape index (κ1) is 27.2. The normalized spacial score (nSPS) is 23.3. The van der Waals surface area contributed by atoms with E-state index in [1.807, 2.05) is 11.4 Å². The van der Waals surface area contributed by atoms with Gasteiger partial charge in [-0.1, -0.05) is 17.0 Å². The van der Waals surface area contributed by atoms with Gasteiger partial charge in [0.2, 0.25) is 0 Å². The molecule has 4 rings (SSSR count). The number of thiazole rings is 1. The second-order valence-electron chi connectivity index (χ2n) is 7.90. The van der Waals surface area contributed by atoms with Crippen molar-refractivity contribution in [2.24, 2.45) is 0 Å². The molecule has 3 aromatic rings. The van der Waals surface area contributed by atoms with Crippen molar-refractivity contribution in [2.75, 3.05) is 6.61 Å². The van der Waals surface area contributed by atoms with Gasteiger partial charge in [0.1, 0.15) is 35.6 Å². The van der Waals surface area contributed by atoms with E-state index in [0.717, 1.165) is 4.47 Å². The van der Waals surface area contributed by atoms with Crippen molar-refractivity contribution in [1.82, 2.24) is 25.0 Å². The highest BCUT2D eigenvalue weighted by atomic mass is 79.9. The standard InChI is InChI=1S/C22H22BrN5O7S2/c1-11(29)32-8-18-20(33-12(2)30)19(28-7-16(26-27-28)17-9-36-10-25-17)21(34-13(3)31)22(35-18)37-15-4-14(23)5-24-6-15/h4-7,9-10,18-22H,8H2,1-3H3/t18?,19-,20-,21?,22+/m0/s1. The number of hydrogen-bond donors (Lipinski definition) is 0. The van der Waals surface area contributed by atoms with Crippen molar-refractivity contribution in [1.29, 1.82) is 0 Å². The minimum absolute atomic E-state index is 0.210. The summed E-state index contributed by atoms with van der Waals surface area (Å²) in [6.07, 6.45) is 1.97. The Morgan fingerprint density at radius 1 is 1.11 bits per heavy atom. The number of pyridine rings is 1. The molecule has 0 amide bonds. The summed E-state index contributed by atoms with van der Waals surface area (Å²) in [7, 11) is 0. The molecule has 196 valence electrons. The Labute approximate surface area is 228 Å². The van der Waals surface area contributed by atoms with Gasteiger partial charge in [-0.05, 0) is 22.0 Å². The third-order valence-electron chi connectivity index (χ3n) is 5.11. The average Bonchev–Trinajstić information content (AvgIpc) is 3.51. The number of carbonyl (C=O) groups excluding carboxylic acids is 3. The van der Waals surface area contributed by atoms with E-state index >= 15 is 0 Å². The van der Waals surface area contributed by atoms with Crippen LogP contribution < -0.4 is 0 Å². The van der Waals surface area contributed by atoms with E-state index < -0.39 is 47.7 Å². The molecule has 1 aliphatic rings. The lowest BCUT2D eigenvalue weighted by molar-refractivity contribution is -0.212.